The van der Waals surface area contributed by atoms with Gasteiger partial charge in [0.2, 0.25) is 0 Å². The van der Waals surface area contributed by atoms with Gasteiger partial charge in [-0.25, -0.2) is 4.39 Å². The van der Waals surface area contributed by atoms with E-state index in [0.29, 0.717) is 5.56 Å². The molecule has 82 valence electrons. The molecule has 0 radical (unpaired) electrons. The molecular formula is C10H12FNOS2. The number of nitrogens with zero attached hydrogens (tertiary/aromatic N) is 1. The number of hydrogen-bond acceptors (Lipinski definition) is 4. The number of hydrogen-bond donors (Lipinski definition) is 1. The quantitative estimate of drug-likeness (QED) is 0.865. The van der Waals surface area contributed by atoms with Gasteiger partial charge in [0.1, 0.15) is 5.82 Å². The molecule has 1 aromatic rings. The summed E-state index contributed by atoms with van der Waals surface area (Å²) in [6, 6.07) is 1.56. The minimum Gasteiger partial charge on any atom is -0.387 e. The van der Waals surface area contributed by atoms with Crippen molar-refractivity contribution < 1.29 is 9.50 Å². The van der Waals surface area contributed by atoms with Gasteiger partial charge in [0.15, 0.2) is 0 Å². The first-order valence-electron chi connectivity index (χ1n) is 4.76. The summed E-state index contributed by atoms with van der Waals surface area (Å²) in [6.07, 6.45) is 1.95. The third-order valence-electron chi connectivity index (χ3n) is 2.32. The highest BCUT2D eigenvalue weighted by Crippen LogP contribution is 2.33. The first-order valence-corrected chi connectivity index (χ1v) is 6.96. The van der Waals surface area contributed by atoms with E-state index in [4.69, 9.17) is 0 Å². The molecule has 2 unspecified atom stereocenters. The summed E-state index contributed by atoms with van der Waals surface area (Å²) in [5, 5.41) is 10.1. The van der Waals surface area contributed by atoms with Crippen LogP contribution in [0.2, 0.25) is 0 Å². The van der Waals surface area contributed by atoms with E-state index < -0.39 is 11.9 Å². The van der Waals surface area contributed by atoms with Crippen LogP contribution in [0.25, 0.3) is 0 Å². The molecule has 1 N–H and O–H groups in total. The number of halogens is 1. The summed E-state index contributed by atoms with van der Waals surface area (Å²) >= 11 is 3.53. The summed E-state index contributed by atoms with van der Waals surface area (Å²) in [6.45, 7) is 0. The van der Waals surface area contributed by atoms with Crippen molar-refractivity contribution in [1.29, 1.82) is 0 Å². The van der Waals surface area contributed by atoms with Gasteiger partial charge >= 0.3 is 0 Å². The summed E-state index contributed by atoms with van der Waals surface area (Å²) < 4.78 is 13.4. The van der Waals surface area contributed by atoms with Crippen LogP contribution in [0.4, 0.5) is 4.39 Å². The van der Waals surface area contributed by atoms with Gasteiger partial charge in [0.25, 0.3) is 0 Å². The Morgan fingerprint density at radius 1 is 1.53 bits per heavy atom. The fourth-order valence-electron chi connectivity index (χ4n) is 1.51. The Balaban J connectivity index is 2.12. The zero-order valence-electron chi connectivity index (χ0n) is 8.10. The highest BCUT2D eigenvalue weighted by atomic mass is 32.2. The topological polar surface area (TPSA) is 33.1 Å². The molecule has 0 aliphatic carbocycles. The third kappa shape index (κ3) is 2.65. The van der Waals surface area contributed by atoms with Crippen molar-refractivity contribution in [3.8, 4) is 0 Å². The van der Waals surface area contributed by atoms with Crippen molar-refractivity contribution in [2.45, 2.75) is 11.4 Å². The van der Waals surface area contributed by atoms with Crippen LogP contribution in [0, 0.1) is 5.82 Å². The maximum atomic E-state index is 13.4. The molecule has 1 aliphatic rings. The minimum absolute atomic E-state index is 0.0978. The molecule has 0 bridgehead atoms. The van der Waals surface area contributed by atoms with Crippen LogP contribution in [0.5, 0.6) is 0 Å². The summed E-state index contributed by atoms with van der Waals surface area (Å²) in [4.78, 5) is 3.67. The second-order valence-electron chi connectivity index (χ2n) is 3.33. The molecule has 0 spiro atoms. The number of pyridine rings is 1. The molecule has 15 heavy (non-hydrogen) atoms. The zero-order chi connectivity index (χ0) is 10.7. The van der Waals surface area contributed by atoms with E-state index in [0.717, 1.165) is 23.5 Å². The molecule has 5 heteroatoms. The highest BCUT2D eigenvalue weighted by molar-refractivity contribution is 8.06. The lowest BCUT2D eigenvalue weighted by atomic mass is 10.1. The van der Waals surface area contributed by atoms with Crippen LogP contribution < -0.4 is 0 Å². The highest BCUT2D eigenvalue weighted by Gasteiger charge is 2.25. The van der Waals surface area contributed by atoms with Crippen LogP contribution in [-0.2, 0) is 0 Å². The molecule has 1 fully saturated rings. The number of aromatic nitrogens is 1. The molecule has 2 atom stereocenters. The van der Waals surface area contributed by atoms with E-state index in [1.54, 1.807) is 17.8 Å². The van der Waals surface area contributed by atoms with Crippen molar-refractivity contribution in [3.63, 3.8) is 0 Å². The van der Waals surface area contributed by atoms with Crippen molar-refractivity contribution in [3.05, 3.63) is 29.8 Å². The molecule has 2 heterocycles. The Bertz CT molecular complexity index is 331. The molecule has 2 rings (SSSR count). The summed E-state index contributed by atoms with van der Waals surface area (Å²) in [5.74, 6) is 2.61. The van der Waals surface area contributed by atoms with E-state index in [1.165, 1.54) is 6.20 Å². The van der Waals surface area contributed by atoms with E-state index in [9.17, 15) is 9.50 Å². The average molecular weight is 245 g/mol. The lowest BCUT2D eigenvalue weighted by molar-refractivity contribution is 0.175. The lowest BCUT2D eigenvalue weighted by Crippen LogP contribution is -2.23. The fourth-order valence-corrected chi connectivity index (χ4v) is 4.26. The number of rotatable bonds is 2. The van der Waals surface area contributed by atoms with Gasteiger partial charge in [-0.3, -0.25) is 4.98 Å². The minimum atomic E-state index is -0.717. The number of thioether (sulfide) groups is 2. The SMILES string of the molecule is OC(c1ccncc1F)C1CSCCS1. The second kappa shape index (κ2) is 5.18. The molecule has 0 amide bonds. The molecule has 1 saturated heterocycles. The Morgan fingerprint density at radius 2 is 2.40 bits per heavy atom. The largest absolute Gasteiger partial charge is 0.387 e. The normalized spacial score (nSPS) is 23.7. The maximum absolute atomic E-state index is 13.4. The molecular weight excluding hydrogens is 233 g/mol. The van der Waals surface area contributed by atoms with E-state index in [-0.39, 0.29) is 5.25 Å². The molecule has 1 aromatic heterocycles. The van der Waals surface area contributed by atoms with Crippen molar-refractivity contribution in [2.75, 3.05) is 17.3 Å². The van der Waals surface area contributed by atoms with Gasteiger partial charge in [-0.1, -0.05) is 0 Å². The third-order valence-corrected chi connectivity index (χ3v) is 5.17. The van der Waals surface area contributed by atoms with Crippen LogP contribution >= 0.6 is 23.5 Å². The van der Waals surface area contributed by atoms with Crippen LogP contribution in [-0.4, -0.2) is 32.6 Å². The first kappa shape index (κ1) is 11.2. The average Bonchev–Trinajstić information content (AvgIpc) is 2.30. The van der Waals surface area contributed by atoms with E-state index in [1.807, 2.05) is 11.8 Å². The van der Waals surface area contributed by atoms with Gasteiger partial charge in [-0.15, -0.1) is 0 Å². The van der Waals surface area contributed by atoms with Crippen molar-refractivity contribution in [1.82, 2.24) is 4.98 Å². The maximum Gasteiger partial charge on any atom is 0.147 e. The molecule has 0 saturated carbocycles. The van der Waals surface area contributed by atoms with Gasteiger partial charge in [-0.2, -0.15) is 23.5 Å². The van der Waals surface area contributed by atoms with Crippen molar-refractivity contribution in [2.24, 2.45) is 0 Å². The monoisotopic (exact) mass is 245 g/mol. The predicted molar refractivity (Wildman–Crippen MR) is 62.7 cm³/mol. The van der Waals surface area contributed by atoms with Gasteiger partial charge in [0.05, 0.1) is 12.3 Å². The number of aliphatic hydroxyl groups is 1. The Hall–Kier alpha value is -0.260. The van der Waals surface area contributed by atoms with Crippen LogP contribution in [0.1, 0.15) is 11.7 Å². The fraction of sp³-hybridized carbons (Fsp3) is 0.500. The smallest absolute Gasteiger partial charge is 0.147 e. The first-order chi connectivity index (χ1) is 7.29. The van der Waals surface area contributed by atoms with E-state index >= 15 is 0 Å². The van der Waals surface area contributed by atoms with Crippen LogP contribution in [0.15, 0.2) is 18.5 Å². The number of aliphatic hydroxyl groups excluding tert-OH is 1. The molecule has 0 aromatic carbocycles. The van der Waals surface area contributed by atoms with E-state index in [2.05, 4.69) is 4.98 Å². The predicted octanol–water partition coefficient (Wildman–Crippen LogP) is 2.10. The Labute approximate surface area is 96.7 Å². The van der Waals surface area contributed by atoms with Crippen LogP contribution in [0.3, 0.4) is 0 Å². The van der Waals surface area contributed by atoms with Crippen molar-refractivity contribution >= 4 is 23.5 Å². The Morgan fingerprint density at radius 3 is 3.07 bits per heavy atom. The van der Waals surface area contributed by atoms with Gasteiger partial charge in [0, 0.05) is 34.3 Å². The zero-order valence-corrected chi connectivity index (χ0v) is 9.73. The summed E-state index contributed by atoms with van der Waals surface area (Å²) in [7, 11) is 0. The lowest BCUT2D eigenvalue weighted by Gasteiger charge is -2.26. The van der Waals surface area contributed by atoms with Gasteiger partial charge < -0.3 is 5.11 Å². The molecule has 2 nitrogen and oxygen atoms in total. The Kier molecular flexibility index (Phi) is 3.88. The standard InChI is InChI=1S/C10H12FNOS2/c11-8-5-12-2-1-7(8)10(13)9-6-14-3-4-15-9/h1-2,5,9-10,13H,3-4,6H2. The van der Waals surface area contributed by atoms with Gasteiger partial charge in [-0.05, 0) is 6.07 Å². The molecule has 1 aliphatic heterocycles. The second-order valence-corrected chi connectivity index (χ2v) is 5.82. The summed E-state index contributed by atoms with van der Waals surface area (Å²) in [5.41, 5.74) is 0.366.